The lowest BCUT2D eigenvalue weighted by Crippen LogP contribution is -2.02. The molecule has 0 spiro atoms. The van der Waals surface area contributed by atoms with Gasteiger partial charge in [0.1, 0.15) is 5.65 Å². The minimum absolute atomic E-state index is 0.0415. The number of ketones is 1. The van der Waals surface area contributed by atoms with Crippen LogP contribution in [0.25, 0.3) is 22.8 Å². The van der Waals surface area contributed by atoms with Gasteiger partial charge in [-0.2, -0.15) is 5.10 Å². The van der Waals surface area contributed by atoms with Gasteiger partial charge in [-0.05, 0) is 42.7 Å². The topological polar surface area (TPSA) is 39.3 Å². The summed E-state index contributed by atoms with van der Waals surface area (Å²) in [6.45, 7) is 8.50. The molecule has 4 rings (SSSR count). The first-order chi connectivity index (χ1) is 13.6. The molecule has 0 saturated heterocycles. The predicted molar refractivity (Wildman–Crippen MR) is 115 cm³/mol. The molecule has 0 amide bonds. The summed E-state index contributed by atoms with van der Waals surface area (Å²) in [5.41, 5.74) is 6.51. The molecule has 0 radical (unpaired) electrons. The Labute approximate surface area is 164 Å². The Hall–Kier alpha value is -3.40. The maximum Gasteiger partial charge on any atom is 0.191 e. The van der Waals surface area contributed by atoms with Crippen molar-refractivity contribution >= 4 is 28.5 Å². The number of allylic oxidation sites excluding steroid dienone is 2. The number of hydrogen-bond donors (Lipinski definition) is 0. The first-order valence-electron chi connectivity index (χ1n) is 9.52. The van der Waals surface area contributed by atoms with Crippen molar-refractivity contribution in [3.05, 3.63) is 89.6 Å². The first kappa shape index (κ1) is 18.0. The Balaban J connectivity index is 1.80. The van der Waals surface area contributed by atoms with Crippen molar-refractivity contribution in [2.24, 2.45) is 0 Å². The standard InChI is InChI=1S/C24H23N3O/c1-4-16-26-20-8-6-7-9-21(20)27-24(26)23(17(3)25-27)22(28)15-14-19-12-10-18(5-2)11-13-19/h4,6-15H,1,5,16H2,2-3H3/b15-14+. The normalized spacial score (nSPS) is 11.6. The minimum Gasteiger partial charge on any atom is -0.320 e. The molecule has 2 aromatic heterocycles. The van der Waals surface area contributed by atoms with Gasteiger partial charge in [0.25, 0.3) is 0 Å². The molecule has 2 aromatic carbocycles. The van der Waals surface area contributed by atoms with Crippen molar-refractivity contribution < 1.29 is 4.79 Å². The van der Waals surface area contributed by atoms with E-state index in [1.54, 1.807) is 6.08 Å². The van der Waals surface area contributed by atoms with Crippen molar-refractivity contribution in [2.75, 3.05) is 0 Å². The molecule has 0 fully saturated rings. The number of aryl methyl sites for hydroxylation is 2. The zero-order chi connectivity index (χ0) is 19.7. The van der Waals surface area contributed by atoms with Crippen LogP contribution in [0.2, 0.25) is 0 Å². The van der Waals surface area contributed by atoms with E-state index in [-0.39, 0.29) is 5.78 Å². The smallest absolute Gasteiger partial charge is 0.191 e. The van der Waals surface area contributed by atoms with Crippen LogP contribution in [0.5, 0.6) is 0 Å². The second-order valence-corrected chi connectivity index (χ2v) is 6.88. The molecule has 4 heteroatoms. The van der Waals surface area contributed by atoms with E-state index in [4.69, 9.17) is 0 Å². The lowest BCUT2D eigenvalue weighted by Gasteiger charge is -2.03. The van der Waals surface area contributed by atoms with E-state index >= 15 is 0 Å². The van der Waals surface area contributed by atoms with Gasteiger partial charge < -0.3 is 4.57 Å². The van der Waals surface area contributed by atoms with E-state index in [0.717, 1.165) is 34.4 Å². The van der Waals surface area contributed by atoms with Gasteiger partial charge in [-0.1, -0.05) is 55.5 Å². The van der Waals surface area contributed by atoms with Crippen LogP contribution in [0.4, 0.5) is 0 Å². The van der Waals surface area contributed by atoms with E-state index in [9.17, 15) is 4.79 Å². The molecule has 0 unspecified atom stereocenters. The molecular weight excluding hydrogens is 346 g/mol. The van der Waals surface area contributed by atoms with Gasteiger partial charge >= 0.3 is 0 Å². The van der Waals surface area contributed by atoms with Crippen LogP contribution in [0, 0.1) is 6.92 Å². The number of benzene rings is 2. The summed E-state index contributed by atoms with van der Waals surface area (Å²) in [5.74, 6) is -0.0415. The zero-order valence-electron chi connectivity index (χ0n) is 16.2. The lowest BCUT2D eigenvalue weighted by atomic mass is 10.1. The summed E-state index contributed by atoms with van der Waals surface area (Å²) in [5, 5.41) is 4.65. The highest BCUT2D eigenvalue weighted by atomic mass is 16.1. The third kappa shape index (κ3) is 2.97. The van der Waals surface area contributed by atoms with Gasteiger partial charge in [0.05, 0.1) is 22.3 Å². The van der Waals surface area contributed by atoms with Gasteiger partial charge in [0.15, 0.2) is 5.78 Å². The number of nitrogens with zero attached hydrogens (tertiary/aromatic N) is 3. The van der Waals surface area contributed by atoms with Crippen molar-refractivity contribution in [1.29, 1.82) is 0 Å². The summed E-state index contributed by atoms with van der Waals surface area (Å²) in [7, 11) is 0. The Bertz CT molecular complexity index is 1210. The van der Waals surface area contributed by atoms with Crippen LogP contribution >= 0.6 is 0 Å². The highest BCUT2D eigenvalue weighted by molar-refractivity contribution is 6.12. The predicted octanol–water partition coefficient (Wildman–Crippen LogP) is 5.24. The molecule has 28 heavy (non-hydrogen) atoms. The number of fused-ring (bicyclic) bond motifs is 3. The first-order valence-corrected chi connectivity index (χ1v) is 9.52. The maximum absolute atomic E-state index is 13.1. The fourth-order valence-corrected chi connectivity index (χ4v) is 3.64. The SMILES string of the molecule is C=CCn1c2ccccc2n2nc(C)c(C(=O)/C=C/c3ccc(CC)cc3)c12. The van der Waals surface area contributed by atoms with E-state index in [2.05, 4.69) is 35.3 Å². The molecule has 4 nitrogen and oxygen atoms in total. The summed E-state index contributed by atoms with van der Waals surface area (Å²) in [6, 6.07) is 16.3. The van der Waals surface area contributed by atoms with Crippen molar-refractivity contribution in [1.82, 2.24) is 14.2 Å². The number of para-hydroxylation sites is 2. The fraction of sp³-hybridized carbons (Fsp3) is 0.167. The third-order valence-electron chi connectivity index (χ3n) is 5.07. The van der Waals surface area contributed by atoms with Crippen LogP contribution < -0.4 is 0 Å². The molecule has 2 heterocycles. The quantitative estimate of drug-likeness (QED) is 0.265. The molecule has 0 aliphatic rings. The molecule has 0 saturated carbocycles. The molecule has 140 valence electrons. The molecule has 0 bridgehead atoms. The Morgan fingerprint density at radius 3 is 2.50 bits per heavy atom. The number of hydrogen-bond acceptors (Lipinski definition) is 2. The van der Waals surface area contributed by atoms with Crippen LogP contribution in [-0.4, -0.2) is 20.0 Å². The monoisotopic (exact) mass is 369 g/mol. The van der Waals surface area contributed by atoms with E-state index in [1.807, 2.05) is 60.0 Å². The minimum atomic E-state index is -0.0415. The average molecular weight is 369 g/mol. The van der Waals surface area contributed by atoms with Crippen LogP contribution in [0.1, 0.15) is 34.1 Å². The van der Waals surface area contributed by atoms with E-state index in [0.29, 0.717) is 12.1 Å². The fourth-order valence-electron chi connectivity index (χ4n) is 3.64. The number of carbonyl (C=O) groups excluding carboxylic acids is 1. The largest absolute Gasteiger partial charge is 0.320 e. The second-order valence-electron chi connectivity index (χ2n) is 6.88. The van der Waals surface area contributed by atoms with Gasteiger partial charge in [0, 0.05) is 6.54 Å². The van der Waals surface area contributed by atoms with Crippen molar-refractivity contribution in [3.8, 4) is 0 Å². The Kier molecular flexibility index (Phi) is 4.70. The van der Waals surface area contributed by atoms with Gasteiger partial charge in [-0.15, -0.1) is 6.58 Å². The molecular formula is C24H23N3O. The summed E-state index contributed by atoms with van der Waals surface area (Å²) >= 11 is 0. The number of imidazole rings is 1. The number of carbonyl (C=O) groups is 1. The summed E-state index contributed by atoms with van der Waals surface area (Å²) in [4.78, 5) is 13.1. The average Bonchev–Trinajstić information content (AvgIpc) is 3.21. The highest BCUT2D eigenvalue weighted by Crippen LogP contribution is 2.26. The Morgan fingerprint density at radius 2 is 1.82 bits per heavy atom. The maximum atomic E-state index is 13.1. The molecule has 0 aliphatic heterocycles. The highest BCUT2D eigenvalue weighted by Gasteiger charge is 2.21. The van der Waals surface area contributed by atoms with Crippen LogP contribution in [0.15, 0.2) is 67.3 Å². The van der Waals surface area contributed by atoms with Crippen molar-refractivity contribution in [3.63, 3.8) is 0 Å². The van der Waals surface area contributed by atoms with E-state index in [1.165, 1.54) is 5.56 Å². The number of aromatic nitrogens is 3. The molecule has 0 aliphatic carbocycles. The van der Waals surface area contributed by atoms with Crippen LogP contribution in [-0.2, 0) is 13.0 Å². The molecule has 0 atom stereocenters. The second kappa shape index (κ2) is 7.31. The zero-order valence-corrected chi connectivity index (χ0v) is 16.2. The number of rotatable bonds is 6. The molecule has 0 N–H and O–H groups in total. The van der Waals surface area contributed by atoms with E-state index < -0.39 is 0 Å². The molecule has 4 aromatic rings. The summed E-state index contributed by atoms with van der Waals surface area (Å²) in [6.07, 6.45) is 6.35. The lowest BCUT2D eigenvalue weighted by molar-refractivity contribution is 0.104. The van der Waals surface area contributed by atoms with Gasteiger partial charge in [-0.3, -0.25) is 4.79 Å². The van der Waals surface area contributed by atoms with Crippen LogP contribution in [0.3, 0.4) is 0 Å². The summed E-state index contributed by atoms with van der Waals surface area (Å²) < 4.78 is 3.96. The Morgan fingerprint density at radius 1 is 1.11 bits per heavy atom. The van der Waals surface area contributed by atoms with Gasteiger partial charge in [0.2, 0.25) is 0 Å². The van der Waals surface area contributed by atoms with Crippen molar-refractivity contribution in [2.45, 2.75) is 26.8 Å². The van der Waals surface area contributed by atoms with Gasteiger partial charge in [-0.25, -0.2) is 4.52 Å². The third-order valence-corrected chi connectivity index (χ3v) is 5.07.